The predicted molar refractivity (Wildman–Crippen MR) is 378 cm³/mol. The molecule has 16 atom stereocenters. The number of phenolic OH excluding ortho intramolecular Hbond substituents is 1. The Bertz CT molecular complexity index is 3460. The normalized spacial score (nSPS) is 19.0. The van der Waals surface area contributed by atoms with Crippen LogP contribution in [0.2, 0.25) is 0 Å². The number of carboxylic acid groups (broad SMARTS) is 3. The van der Waals surface area contributed by atoms with Gasteiger partial charge in [0.25, 0.3) is 0 Å². The van der Waals surface area contributed by atoms with Gasteiger partial charge in [-0.15, -0.1) is 0 Å². The number of aliphatic hydroxyl groups excluding tert-OH is 3. The highest BCUT2D eigenvalue weighted by Gasteiger charge is 2.44. The largest absolute Gasteiger partial charge is 0.508 e. The van der Waals surface area contributed by atoms with E-state index in [1.807, 2.05) is 13.8 Å². The third-order valence-electron chi connectivity index (χ3n) is 18.0. The van der Waals surface area contributed by atoms with Gasteiger partial charge in [-0.25, -0.2) is 4.79 Å². The van der Waals surface area contributed by atoms with Crippen LogP contribution in [-0.2, 0) is 92.7 Å². The molecule has 0 radical (unpaired) electrons. The van der Waals surface area contributed by atoms with E-state index in [1.165, 1.54) is 43.0 Å². The predicted octanol–water partition coefficient (Wildman–Crippen LogP) is -7.70. The Balaban J connectivity index is 1.41. The maximum absolute atomic E-state index is 14.2. The fourth-order valence-electron chi connectivity index (χ4n) is 12.1. The van der Waals surface area contributed by atoms with Crippen molar-refractivity contribution in [3.63, 3.8) is 0 Å². The standard InChI is InChI=1S/C68H104N16O25/c1-31(2)24-41(59(99)80-46(29-85)61(101)72-34(6)55(95)75-42(26-37-15-17-38(88)18-16-37)58(98)71-33(5)54(94)74-40(68(108)109)19-20-50(69)89)76-60(100)43(27-51(90)91)77-65(105)53(36(8)87)82-62(102)47(30-86)81-64(104)49-14-11-23-84(49)67(107)45(28-52(92)93)78-56(96)35(7)73-63(103)48-13-10-22-83(48)66(106)44(25-32(3)4)79-57(97)39-12-9-21-70-39/h15-18,31-36,39-49,53,70,85-88H,9-14,19-30H2,1-8H3,(H2,69,89)(H,71,98)(H,72,101)(H,73,103)(H,74,94)(H,75,95)(H,76,100)(H,77,105)(H,78,96)(H,79,97)(H,80,99)(H,81,104)(H,82,102)(H,90,91)(H,92,93)(H,108,109)/t33-,34-,35-,36+,39-,40-,41-,42-,43-,44-,45-,46-,47-,48-,49-,53-/m0/s1. The summed E-state index contributed by atoms with van der Waals surface area (Å²) in [5.41, 5.74) is 5.47. The first kappa shape index (κ1) is 90.7. The minimum atomic E-state index is -2.11. The molecule has 0 unspecified atom stereocenters. The number of rotatable bonds is 43. The van der Waals surface area contributed by atoms with Crippen LogP contribution in [0, 0.1) is 11.8 Å². The Morgan fingerprint density at radius 2 is 0.872 bits per heavy atom. The highest BCUT2D eigenvalue weighted by molar-refractivity contribution is 6.01. The van der Waals surface area contributed by atoms with Crippen LogP contribution in [0.5, 0.6) is 5.75 Å². The second kappa shape index (κ2) is 43.3. The number of likely N-dealkylation sites (tertiary alicyclic amines) is 2. The first-order valence-electron chi connectivity index (χ1n) is 35.8. The van der Waals surface area contributed by atoms with Gasteiger partial charge < -0.3 is 120 Å². The van der Waals surface area contributed by atoms with E-state index in [1.54, 1.807) is 13.8 Å². The first-order valence-corrected chi connectivity index (χ1v) is 35.8. The molecule has 3 aliphatic heterocycles. The molecule has 22 N–H and O–H groups in total. The number of carbonyl (C=O) groups is 18. The lowest BCUT2D eigenvalue weighted by atomic mass is 10.0. The van der Waals surface area contributed by atoms with Crippen LogP contribution in [-0.4, -0.2) is 282 Å². The van der Waals surface area contributed by atoms with Crippen molar-refractivity contribution < 1.29 is 122 Å². The van der Waals surface area contributed by atoms with Gasteiger partial charge in [0.15, 0.2) is 0 Å². The van der Waals surface area contributed by atoms with Gasteiger partial charge in [-0.2, -0.15) is 0 Å². The van der Waals surface area contributed by atoms with Crippen LogP contribution in [0.3, 0.4) is 0 Å². The van der Waals surface area contributed by atoms with Gasteiger partial charge in [0.05, 0.1) is 38.2 Å². The first-order chi connectivity index (χ1) is 51.2. The number of carbonyl (C=O) groups excluding carboxylic acids is 15. The number of primary amides is 1. The monoisotopic (exact) mass is 1540 g/mol. The zero-order chi connectivity index (χ0) is 81.8. The molecule has 1 aromatic rings. The molecule has 41 nitrogen and oxygen atoms in total. The zero-order valence-corrected chi connectivity index (χ0v) is 61.9. The van der Waals surface area contributed by atoms with E-state index in [-0.39, 0.29) is 75.6 Å². The summed E-state index contributed by atoms with van der Waals surface area (Å²) in [7, 11) is 0. The van der Waals surface area contributed by atoms with Crippen molar-refractivity contribution >= 4 is 107 Å². The Morgan fingerprint density at radius 3 is 1.36 bits per heavy atom. The van der Waals surface area contributed by atoms with Crippen molar-refractivity contribution in [3.05, 3.63) is 29.8 Å². The summed E-state index contributed by atoms with van der Waals surface area (Å²) >= 11 is 0. The van der Waals surface area contributed by atoms with E-state index < -0.39 is 236 Å². The van der Waals surface area contributed by atoms with Gasteiger partial charge in [0, 0.05) is 25.9 Å². The lowest BCUT2D eigenvalue weighted by Crippen LogP contribution is -2.62. The molecule has 109 heavy (non-hydrogen) atoms. The van der Waals surface area contributed by atoms with E-state index in [0.717, 1.165) is 25.2 Å². The van der Waals surface area contributed by atoms with Crippen molar-refractivity contribution in [2.75, 3.05) is 32.8 Å². The molecule has 3 aliphatic rings. The number of nitrogens with one attached hydrogen (secondary N) is 13. The molecule has 0 saturated carbocycles. The lowest BCUT2D eigenvalue weighted by Gasteiger charge is -2.31. The number of nitrogens with zero attached hydrogens (tertiary/aromatic N) is 2. The fourth-order valence-corrected chi connectivity index (χ4v) is 12.1. The molecule has 0 bridgehead atoms. The molecule has 3 heterocycles. The molecule has 0 spiro atoms. The Kier molecular flexibility index (Phi) is 36.1. The number of aliphatic hydroxyl groups is 3. The quantitative estimate of drug-likeness (QED) is 0.0289. The van der Waals surface area contributed by atoms with Gasteiger partial charge in [0.2, 0.25) is 88.6 Å². The van der Waals surface area contributed by atoms with E-state index in [0.29, 0.717) is 24.9 Å². The molecule has 41 heteroatoms. The van der Waals surface area contributed by atoms with Crippen LogP contribution < -0.4 is 74.9 Å². The van der Waals surface area contributed by atoms with Crippen molar-refractivity contribution in [1.29, 1.82) is 0 Å². The van der Waals surface area contributed by atoms with E-state index in [4.69, 9.17) is 5.73 Å². The summed E-state index contributed by atoms with van der Waals surface area (Å²) in [5, 5.41) is 101. The van der Waals surface area contributed by atoms with Crippen molar-refractivity contribution in [1.82, 2.24) is 78.9 Å². The number of amides is 15. The number of benzene rings is 1. The summed E-state index contributed by atoms with van der Waals surface area (Å²) in [6.45, 7) is 9.74. The number of aromatic hydroxyl groups is 1. The number of hydrogen-bond acceptors (Lipinski definition) is 23. The van der Waals surface area contributed by atoms with Crippen molar-refractivity contribution in [2.45, 2.75) is 236 Å². The van der Waals surface area contributed by atoms with Crippen LogP contribution in [0.25, 0.3) is 0 Å². The lowest BCUT2D eigenvalue weighted by molar-refractivity contribution is -0.146. The van der Waals surface area contributed by atoms with Gasteiger partial charge in [-0.05, 0) is 122 Å². The van der Waals surface area contributed by atoms with Crippen molar-refractivity contribution in [2.24, 2.45) is 17.6 Å². The number of nitrogens with two attached hydrogens (primary N) is 1. The number of carboxylic acids is 3. The summed E-state index contributed by atoms with van der Waals surface area (Å²) in [6, 6.07) is -17.8. The highest BCUT2D eigenvalue weighted by atomic mass is 16.4. The fraction of sp³-hybridized carbons (Fsp3) is 0.647. The Hall–Kier alpha value is -10.7. The van der Waals surface area contributed by atoms with Crippen LogP contribution in [0.15, 0.2) is 24.3 Å². The zero-order valence-electron chi connectivity index (χ0n) is 61.9. The molecule has 606 valence electrons. The number of phenols is 1. The summed E-state index contributed by atoms with van der Waals surface area (Å²) in [5.74, 6) is -20.7. The van der Waals surface area contributed by atoms with E-state index >= 15 is 0 Å². The molecule has 15 amide bonds. The average Bonchev–Trinajstić information content (AvgIpc) is 1.73. The maximum Gasteiger partial charge on any atom is 0.326 e. The second-order valence-electron chi connectivity index (χ2n) is 28.0. The SMILES string of the molecule is CC(C)C[C@H](NC(=O)[C@H](CC(=O)O)NC(=O)[C@@H](NC(=O)[C@H](CO)NC(=O)[C@@H]1CCCN1C(=O)[C@H](CC(=O)O)NC(=O)[C@H](C)NC(=O)[C@@H]1CCCN1C(=O)[C@H](CC(C)C)NC(=O)[C@@H]1CCCN1)[C@@H](C)O)C(=O)N[C@@H](CO)C(=O)N[C@@H](C)C(=O)N[C@@H](Cc1ccc(O)cc1)C(=O)N[C@@H](C)C(=O)N[C@@H](CCC(N)=O)C(=O)O. The molecule has 0 aliphatic carbocycles. The summed E-state index contributed by atoms with van der Waals surface area (Å²) in [6.07, 6.45) is -3.17. The third-order valence-corrected chi connectivity index (χ3v) is 18.0. The minimum Gasteiger partial charge on any atom is -0.508 e. The van der Waals surface area contributed by atoms with Crippen LogP contribution >= 0.6 is 0 Å². The van der Waals surface area contributed by atoms with Crippen LogP contribution in [0.1, 0.15) is 138 Å². The minimum absolute atomic E-state index is 0.0255. The average molecular weight is 1550 g/mol. The smallest absolute Gasteiger partial charge is 0.326 e. The Labute approximate surface area is 627 Å². The molecular weight excluding hydrogens is 1440 g/mol. The molecule has 3 fully saturated rings. The van der Waals surface area contributed by atoms with E-state index in [9.17, 15) is 122 Å². The summed E-state index contributed by atoms with van der Waals surface area (Å²) < 4.78 is 0. The molecular formula is C68H104N16O25. The number of aliphatic carboxylic acids is 3. The summed E-state index contributed by atoms with van der Waals surface area (Å²) in [4.78, 5) is 242. The van der Waals surface area contributed by atoms with Gasteiger partial charge in [-0.1, -0.05) is 39.8 Å². The van der Waals surface area contributed by atoms with E-state index in [2.05, 4.69) is 69.1 Å². The molecule has 0 aromatic heterocycles. The second-order valence-corrected chi connectivity index (χ2v) is 28.0. The van der Waals surface area contributed by atoms with Gasteiger partial charge in [0.1, 0.15) is 90.3 Å². The third kappa shape index (κ3) is 28.8. The van der Waals surface area contributed by atoms with Gasteiger partial charge >= 0.3 is 17.9 Å². The topological polar surface area (TPSA) is 638 Å². The molecule has 1 aromatic carbocycles. The van der Waals surface area contributed by atoms with Crippen molar-refractivity contribution in [3.8, 4) is 5.75 Å². The number of hydrogen-bond donors (Lipinski definition) is 21. The highest BCUT2D eigenvalue weighted by Crippen LogP contribution is 2.23. The van der Waals surface area contributed by atoms with Gasteiger partial charge in [-0.3, -0.25) is 81.5 Å². The maximum atomic E-state index is 14.2. The van der Waals surface area contributed by atoms with Crippen LogP contribution in [0.4, 0.5) is 0 Å². The Morgan fingerprint density at radius 1 is 0.459 bits per heavy atom. The molecule has 4 rings (SSSR count). The molecule has 3 saturated heterocycles.